The fourth-order valence-corrected chi connectivity index (χ4v) is 3.20. The molecular weight excluding hydrogens is 297 g/mol. The van der Waals surface area contributed by atoms with Crippen LogP contribution in [-0.2, 0) is 6.18 Å². The molecule has 0 amide bonds. The second-order valence-electron chi connectivity index (χ2n) is 6.13. The first-order chi connectivity index (χ1) is 10.9. The Kier molecular flexibility index (Phi) is 4.29. The van der Waals surface area contributed by atoms with Gasteiger partial charge in [-0.15, -0.1) is 0 Å². The van der Waals surface area contributed by atoms with E-state index in [9.17, 15) is 13.2 Å². The molecule has 0 radical (unpaired) electrons. The quantitative estimate of drug-likeness (QED) is 0.602. The highest BCUT2D eigenvalue weighted by molar-refractivity contribution is 5.82. The maximum atomic E-state index is 13.0. The molecule has 2 aromatic rings. The highest BCUT2D eigenvalue weighted by atomic mass is 19.4. The Labute approximate surface area is 134 Å². The lowest BCUT2D eigenvalue weighted by Gasteiger charge is -2.15. The largest absolute Gasteiger partial charge is 0.416 e. The summed E-state index contributed by atoms with van der Waals surface area (Å²) in [5.74, 6) is 0. The predicted octanol–water partition coefficient (Wildman–Crippen LogP) is 6.39. The maximum Gasteiger partial charge on any atom is 0.416 e. The number of halogens is 3. The third-order valence-electron chi connectivity index (χ3n) is 4.38. The van der Waals surface area contributed by atoms with Gasteiger partial charge in [-0.2, -0.15) is 13.2 Å². The molecular formula is C20H19F3. The Hall–Kier alpha value is -2.03. The van der Waals surface area contributed by atoms with Gasteiger partial charge in [0.25, 0.3) is 0 Å². The summed E-state index contributed by atoms with van der Waals surface area (Å²) in [5, 5.41) is 0. The van der Waals surface area contributed by atoms with Crippen molar-refractivity contribution >= 4 is 5.57 Å². The molecule has 1 aliphatic rings. The molecule has 1 fully saturated rings. The topological polar surface area (TPSA) is 0 Å². The fourth-order valence-electron chi connectivity index (χ4n) is 3.20. The van der Waals surface area contributed by atoms with Crippen LogP contribution in [0.4, 0.5) is 13.2 Å². The SMILES string of the molecule is Cc1ccc(C(=C2CCCC2)c2cccc(C(F)(F)F)c2)cc1. The van der Waals surface area contributed by atoms with Crippen LogP contribution >= 0.6 is 0 Å². The number of benzene rings is 2. The highest BCUT2D eigenvalue weighted by Gasteiger charge is 2.31. The molecule has 0 heterocycles. The molecule has 0 aliphatic heterocycles. The molecule has 0 aromatic heterocycles. The van der Waals surface area contributed by atoms with E-state index in [1.54, 1.807) is 6.07 Å². The van der Waals surface area contributed by atoms with E-state index in [1.165, 1.54) is 17.7 Å². The predicted molar refractivity (Wildman–Crippen MR) is 87.1 cm³/mol. The van der Waals surface area contributed by atoms with E-state index < -0.39 is 11.7 Å². The number of allylic oxidation sites excluding steroid dienone is 1. The monoisotopic (exact) mass is 316 g/mol. The van der Waals surface area contributed by atoms with E-state index in [4.69, 9.17) is 0 Å². The Balaban J connectivity index is 2.13. The first-order valence-electron chi connectivity index (χ1n) is 7.92. The molecule has 0 bridgehead atoms. The first-order valence-corrected chi connectivity index (χ1v) is 7.92. The minimum absolute atomic E-state index is 0.585. The summed E-state index contributed by atoms with van der Waals surface area (Å²) in [6.45, 7) is 2.01. The minimum Gasteiger partial charge on any atom is -0.166 e. The summed E-state index contributed by atoms with van der Waals surface area (Å²) in [6, 6.07) is 13.7. The van der Waals surface area contributed by atoms with Crippen molar-refractivity contribution in [1.82, 2.24) is 0 Å². The zero-order valence-corrected chi connectivity index (χ0v) is 13.1. The highest BCUT2D eigenvalue weighted by Crippen LogP contribution is 2.38. The molecule has 1 saturated carbocycles. The Morgan fingerprint density at radius 1 is 0.870 bits per heavy atom. The maximum absolute atomic E-state index is 13.0. The molecule has 0 saturated heterocycles. The zero-order valence-electron chi connectivity index (χ0n) is 13.1. The van der Waals surface area contributed by atoms with Gasteiger partial charge in [0.1, 0.15) is 0 Å². The van der Waals surface area contributed by atoms with Crippen molar-refractivity contribution in [3.63, 3.8) is 0 Å². The second kappa shape index (κ2) is 6.23. The number of rotatable bonds is 2. The molecule has 23 heavy (non-hydrogen) atoms. The second-order valence-corrected chi connectivity index (χ2v) is 6.13. The van der Waals surface area contributed by atoms with Crippen LogP contribution in [0.15, 0.2) is 54.1 Å². The molecule has 0 spiro atoms. The lowest BCUT2D eigenvalue weighted by Crippen LogP contribution is -2.05. The molecule has 0 unspecified atom stereocenters. The third kappa shape index (κ3) is 3.49. The Bertz CT molecular complexity index is 713. The van der Waals surface area contributed by atoms with Crippen LogP contribution in [0, 0.1) is 6.92 Å². The summed E-state index contributed by atoms with van der Waals surface area (Å²) in [6.07, 6.45) is -0.138. The van der Waals surface area contributed by atoms with Crippen molar-refractivity contribution < 1.29 is 13.2 Å². The van der Waals surface area contributed by atoms with Crippen molar-refractivity contribution in [2.75, 3.05) is 0 Å². The third-order valence-corrected chi connectivity index (χ3v) is 4.38. The average molecular weight is 316 g/mol. The lowest BCUT2D eigenvalue weighted by atomic mass is 9.91. The van der Waals surface area contributed by atoms with Crippen molar-refractivity contribution in [3.8, 4) is 0 Å². The van der Waals surface area contributed by atoms with Crippen LogP contribution in [0.1, 0.15) is 47.9 Å². The van der Waals surface area contributed by atoms with Gasteiger partial charge in [-0.05, 0) is 61.4 Å². The van der Waals surface area contributed by atoms with Gasteiger partial charge in [-0.3, -0.25) is 0 Å². The van der Waals surface area contributed by atoms with Crippen LogP contribution in [0.5, 0.6) is 0 Å². The van der Waals surface area contributed by atoms with Gasteiger partial charge in [-0.1, -0.05) is 47.5 Å². The van der Waals surface area contributed by atoms with Crippen LogP contribution in [-0.4, -0.2) is 0 Å². The first kappa shape index (κ1) is 15.9. The van der Waals surface area contributed by atoms with Crippen LogP contribution in [0.2, 0.25) is 0 Å². The Morgan fingerprint density at radius 3 is 2.13 bits per heavy atom. The molecule has 0 atom stereocenters. The van der Waals surface area contributed by atoms with Gasteiger partial charge >= 0.3 is 6.18 Å². The van der Waals surface area contributed by atoms with E-state index in [-0.39, 0.29) is 0 Å². The fraction of sp³-hybridized carbons (Fsp3) is 0.300. The molecule has 120 valence electrons. The van der Waals surface area contributed by atoms with Gasteiger partial charge in [-0.25, -0.2) is 0 Å². The summed E-state index contributed by atoms with van der Waals surface area (Å²) in [5.41, 5.74) is 4.49. The Morgan fingerprint density at radius 2 is 1.52 bits per heavy atom. The molecule has 0 N–H and O–H groups in total. The van der Waals surface area contributed by atoms with Gasteiger partial charge in [0.05, 0.1) is 5.56 Å². The number of hydrogen-bond donors (Lipinski definition) is 0. The van der Waals surface area contributed by atoms with Gasteiger partial charge < -0.3 is 0 Å². The standard InChI is InChI=1S/C20H19F3/c1-14-9-11-16(12-10-14)19(15-5-2-3-6-15)17-7-4-8-18(13-17)20(21,22)23/h4,7-13H,2-3,5-6H2,1H3. The number of aryl methyl sites for hydroxylation is 1. The normalized spacial score (nSPS) is 15.0. The molecule has 2 aromatic carbocycles. The van der Waals surface area contributed by atoms with E-state index in [0.717, 1.165) is 48.4 Å². The molecule has 3 heteroatoms. The van der Waals surface area contributed by atoms with E-state index in [1.807, 2.05) is 31.2 Å². The summed E-state index contributed by atoms with van der Waals surface area (Å²) < 4.78 is 39.1. The van der Waals surface area contributed by atoms with Crippen molar-refractivity contribution in [1.29, 1.82) is 0 Å². The van der Waals surface area contributed by atoms with Crippen molar-refractivity contribution in [2.24, 2.45) is 0 Å². The number of hydrogen-bond acceptors (Lipinski definition) is 0. The summed E-state index contributed by atoms with van der Waals surface area (Å²) in [7, 11) is 0. The summed E-state index contributed by atoms with van der Waals surface area (Å²) >= 11 is 0. The lowest BCUT2D eigenvalue weighted by molar-refractivity contribution is -0.137. The molecule has 1 aliphatic carbocycles. The van der Waals surface area contributed by atoms with Crippen LogP contribution in [0.3, 0.4) is 0 Å². The minimum atomic E-state index is -4.31. The molecule has 0 nitrogen and oxygen atoms in total. The average Bonchev–Trinajstić information content (AvgIpc) is 3.03. The van der Waals surface area contributed by atoms with E-state index in [0.29, 0.717) is 5.56 Å². The van der Waals surface area contributed by atoms with Gasteiger partial charge in [0.15, 0.2) is 0 Å². The van der Waals surface area contributed by atoms with Crippen molar-refractivity contribution in [2.45, 2.75) is 38.8 Å². The van der Waals surface area contributed by atoms with Crippen LogP contribution < -0.4 is 0 Å². The summed E-state index contributed by atoms with van der Waals surface area (Å²) in [4.78, 5) is 0. The van der Waals surface area contributed by atoms with E-state index in [2.05, 4.69) is 0 Å². The van der Waals surface area contributed by atoms with E-state index >= 15 is 0 Å². The zero-order chi connectivity index (χ0) is 16.4. The number of alkyl halides is 3. The van der Waals surface area contributed by atoms with Gasteiger partial charge in [0.2, 0.25) is 0 Å². The molecule has 3 rings (SSSR count). The van der Waals surface area contributed by atoms with Crippen molar-refractivity contribution in [3.05, 3.63) is 76.4 Å². The smallest absolute Gasteiger partial charge is 0.166 e. The van der Waals surface area contributed by atoms with Crippen LogP contribution in [0.25, 0.3) is 5.57 Å². The van der Waals surface area contributed by atoms with Gasteiger partial charge in [0, 0.05) is 0 Å².